The number of morpholine rings is 1. The number of nitrogens with one attached hydrogen (secondary N) is 1. The predicted molar refractivity (Wildman–Crippen MR) is 102 cm³/mol. The van der Waals surface area contributed by atoms with Crippen LogP contribution in [0.4, 0.5) is 11.6 Å². The Balaban J connectivity index is 1.37. The van der Waals surface area contributed by atoms with Crippen molar-refractivity contribution in [3.63, 3.8) is 0 Å². The Morgan fingerprint density at radius 2 is 1.96 bits per heavy atom. The van der Waals surface area contributed by atoms with Crippen LogP contribution in [0.3, 0.4) is 0 Å². The third kappa shape index (κ3) is 3.14. The molecule has 1 N–H and O–H groups in total. The quantitative estimate of drug-likeness (QED) is 0.770. The third-order valence-electron chi connectivity index (χ3n) is 5.28. The van der Waals surface area contributed by atoms with Crippen LogP contribution in [0.5, 0.6) is 0 Å². The van der Waals surface area contributed by atoms with Gasteiger partial charge in [0.25, 0.3) is 0 Å². The molecule has 0 radical (unpaired) electrons. The first kappa shape index (κ1) is 16.3. The fraction of sp³-hybridized carbons (Fsp3) is 0.350. The number of ether oxygens (including phenoxy) is 1. The van der Waals surface area contributed by atoms with Gasteiger partial charge in [0.05, 0.1) is 19.4 Å². The van der Waals surface area contributed by atoms with Crippen molar-refractivity contribution in [2.45, 2.75) is 12.3 Å². The minimum absolute atomic E-state index is 0.0159. The van der Waals surface area contributed by atoms with Crippen LogP contribution >= 0.6 is 0 Å². The molecule has 5 rings (SSSR count). The van der Waals surface area contributed by atoms with Gasteiger partial charge in [0.15, 0.2) is 5.65 Å². The lowest BCUT2D eigenvalue weighted by Gasteiger charge is -2.29. The van der Waals surface area contributed by atoms with Crippen LogP contribution in [0.15, 0.2) is 48.7 Å². The normalized spacial score (nSPS) is 22.0. The average Bonchev–Trinajstić information content (AvgIpc) is 3.39. The van der Waals surface area contributed by atoms with E-state index in [9.17, 15) is 4.79 Å². The first-order valence-electron chi connectivity index (χ1n) is 9.33. The lowest BCUT2D eigenvalue weighted by atomic mass is 10.1. The van der Waals surface area contributed by atoms with E-state index < -0.39 is 0 Å². The summed E-state index contributed by atoms with van der Waals surface area (Å²) in [6, 6.07) is 14.0. The fourth-order valence-electron chi connectivity index (χ4n) is 3.75. The van der Waals surface area contributed by atoms with E-state index in [-0.39, 0.29) is 11.8 Å². The summed E-state index contributed by atoms with van der Waals surface area (Å²) in [6.45, 7) is 2.97. The molecule has 0 bridgehead atoms. The van der Waals surface area contributed by atoms with E-state index in [2.05, 4.69) is 32.4 Å². The van der Waals surface area contributed by atoms with Gasteiger partial charge in [-0.15, -0.1) is 0 Å². The molecule has 1 amide bonds. The molecule has 2 aliphatic rings. The molecule has 0 spiro atoms. The zero-order valence-corrected chi connectivity index (χ0v) is 14.9. The highest BCUT2D eigenvalue weighted by atomic mass is 16.5. The van der Waals surface area contributed by atoms with E-state index in [0.29, 0.717) is 24.9 Å². The smallest absolute Gasteiger partial charge is 0.229 e. The molecule has 7 heteroatoms. The van der Waals surface area contributed by atoms with Crippen LogP contribution in [0, 0.1) is 5.92 Å². The minimum atomic E-state index is 0.0159. The number of anilines is 2. The van der Waals surface area contributed by atoms with Crippen molar-refractivity contribution in [2.75, 3.05) is 36.5 Å². The number of carbonyl (C=O) groups is 1. The maximum absolute atomic E-state index is 12.7. The Kier molecular flexibility index (Phi) is 4.01. The number of aromatic nitrogens is 3. The Labute approximate surface area is 157 Å². The SMILES string of the molecule is O=C(Nc1cc(N2CCOCC2)n2nccc2n1)[C@@H]1C[C@H]1c1ccccc1. The van der Waals surface area contributed by atoms with Gasteiger partial charge < -0.3 is 15.0 Å². The van der Waals surface area contributed by atoms with Crippen molar-refractivity contribution in [1.82, 2.24) is 14.6 Å². The maximum atomic E-state index is 12.7. The molecule has 27 heavy (non-hydrogen) atoms. The molecule has 7 nitrogen and oxygen atoms in total. The van der Waals surface area contributed by atoms with Gasteiger partial charge in [-0.3, -0.25) is 4.79 Å². The van der Waals surface area contributed by atoms with E-state index in [0.717, 1.165) is 31.0 Å². The van der Waals surface area contributed by atoms with Crippen molar-refractivity contribution in [2.24, 2.45) is 5.92 Å². The summed E-state index contributed by atoms with van der Waals surface area (Å²) in [4.78, 5) is 19.5. The second-order valence-corrected chi connectivity index (χ2v) is 7.05. The van der Waals surface area contributed by atoms with Gasteiger partial charge in [-0.1, -0.05) is 30.3 Å². The fourth-order valence-corrected chi connectivity index (χ4v) is 3.75. The van der Waals surface area contributed by atoms with Crippen LogP contribution in [-0.4, -0.2) is 46.8 Å². The zero-order chi connectivity index (χ0) is 18.2. The first-order chi connectivity index (χ1) is 13.3. The standard InChI is InChI=1S/C20H21N5O2/c26-20(16-12-15(16)14-4-2-1-3-5-14)23-17-13-19(24-8-10-27-11-9-24)25-18(22-17)6-7-21-25/h1-7,13,15-16H,8-12H2,(H,22,23,26)/t15-,16+/m0/s1. The van der Waals surface area contributed by atoms with Gasteiger partial charge in [-0.05, 0) is 17.9 Å². The monoisotopic (exact) mass is 363 g/mol. The van der Waals surface area contributed by atoms with E-state index in [4.69, 9.17) is 4.74 Å². The molecule has 2 atom stereocenters. The molecule has 3 heterocycles. The number of amides is 1. The Bertz CT molecular complexity index is 965. The van der Waals surface area contributed by atoms with E-state index in [1.165, 1.54) is 5.56 Å². The highest BCUT2D eigenvalue weighted by Crippen LogP contribution is 2.47. The van der Waals surface area contributed by atoms with E-state index in [1.54, 1.807) is 6.20 Å². The van der Waals surface area contributed by atoms with Crippen molar-refractivity contribution in [3.05, 3.63) is 54.2 Å². The Hall–Kier alpha value is -2.93. The number of nitrogens with zero attached hydrogens (tertiary/aromatic N) is 4. The predicted octanol–water partition coefficient (Wildman–Crippen LogP) is 2.31. The lowest BCUT2D eigenvalue weighted by molar-refractivity contribution is -0.117. The summed E-state index contributed by atoms with van der Waals surface area (Å²) in [5.74, 6) is 1.87. The summed E-state index contributed by atoms with van der Waals surface area (Å²) in [5.41, 5.74) is 1.95. The minimum Gasteiger partial charge on any atom is -0.378 e. The molecule has 1 aliphatic carbocycles. The number of hydrogen-bond acceptors (Lipinski definition) is 5. The molecular weight excluding hydrogens is 342 g/mol. The van der Waals surface area contributed by atoms with Gasteiger partial charge in [-0.25, -0.2) is 4.98 Å². The van der Waals surface area contributed by atoms with Crippen molar-refractivity contribution < 1.29 is 9.53 Å². The number of benzene rings is 1. The molecule has 3 aromatic rings. The number of rotatable bonds is 4. The third-order valence-corrected chi connectivity index (χ3v) is 5.28. The van der Waals surface area contributed by atoms with Crippen LogP contribution in [0.2, 0.25) is 0 Å². The van der Waals surface area contributed by atoms with Crippen molar-refractivity contribution >= 4 is 23.2 Å². The first-order valence-corrected chi connectivity index (χ1v) is 9.33. The summed E-state index contributed by atoms with van der Waals surface area (Å²) in [6.07, 6.45) is 2.62. The summed E-state index contributed by atoms with van der Waals surface area (Å²) < 4.78 is 7.26. The second-order valence-electron chi connectivity index (χ2n) is 7.05. The molecule has 1 saturated heterocycles. The van der Waals surface area contributed by atoms with Crippen LogP contribution in [0.25, 0.3) is 5.65 Å². The molecular formula is C20H21N5O2. The van der Waals surface area contributed by atoms with Gasteiger partial charge in [-0.2, -0.15) is 9.61 Å². The largest absolute Gasteiger partial charge is 0.378 e. The number of hydrogen-bond donors (Lipinski definition) is 1. The Morgan fingerprint density at radius 3 is 2.78 bits per heavy atom. The molecule has 0 unspecified atom stereocenters. The summed E-state index contributed by atoms with van der Waals surface area (Å²) in [5, 5.41) is 7.39. The number of carbonyl (C=O) groups excluding carboxylic acids is 1. The zero-order valence-electron chi connectivity index (χ0n) is 14.9. The van der Waals surface area contributed by atoms with Gasteiger partial charge in [0, 0.05) is 31.1 Å². The van der Waals surface area contributed by atoms with E-state index >= 15 is 0 Å². The summed E-state index contributed by atoms with van der Waals surface area (Å²) in [7, 11) is 0. The van der Waals surface area contributed by atoms with Crippen molar-refractivity contribution in [1.29, 1.82) is 0 Å². The topological polar surface area (TPSA) is 71.8 Å². The molecule has 2 aromatic heterocycles. The highest BCUT2D eigenvalue weighted by Gasteiger charge is 2.44. The molecule has 1 aromatic carbocycles. The Morgan fingerprint density at radius 1 is 1.15 bits per heavy atom. The van der Waals surface area contributed by atoms with Gasteiger partial charge in [0.2, 0.25) is 5.91 Å². The van der Waals surface area contributed by atoms with Crippen LogP contribution in [0.1, 0.15) is 17.9 Å². The lowest BCUT2D eigenvalue weighted by Crippen LogP contribution is -2.37. The summed E-state index contributed by atoms with van der Waals surface area (Å²) >= 11 is 0. The van der Waals surface area contributed by atoms with Crippen LogP contribution < -0.4 is 10.2 Å². The molecule has 138 valence electrons. The maximum Gasteiger partial charge on any atom is 0.229 e. The molecule has 2 fully saturated rings. The van der Waals surface area contributed by atoms with E-state index in [1.807, 2.05) is 34.8 Å². The highest BCUT2D eigenvalue weighted by molar-refractivity contribution is 5.95. The van der Waals surface area contributed by atoms with Crippen LogP contribution in [-0.2, 0) is 9.53 Å². The van der Waals surface area contributed by atoms with Gasteiger partial charge >= 0.3 is 0 Å². The molecule has 1 aliphatic heterocycles. The average molecular weight is 363 g/mol. The van der Waals surface area contributed by atoms with Gasteiger partial charge in [0.1, 0.15) is 11.6 Å². The second kappa shape index (κ2) is 6.66. The van der Waals surface area contributed by atoms with Crippen molar-refractivity contribution in [3.8, 4) is 0 Å². The number of fused-ring (bicyclic) bond motifs is 1. The molecule has 1 saturated carbocycles.